The van der Waals surface area contributed by atoms with Crippen molar-refractivity contribution in [2.45, 2.75) is 37.5 Å². The largest absolute Gasteiger partial charge is 0.326 e. The van der Waals surface area contributed by atoms with Crippen molar-refractivity contribution in [3.63, 3.8) is 0 Å². The molecule has 6 heteroatoms. The summed E-state index contributed by atoms with van der Waals surface area (Å²) in [4.78, 5) is 25.6. The van der Waals surface area contributed by atoms with Gasteiger partial charge in [0.25, 0.3) is 0 Å². The molecule has 26 heavy (non-hydrogen) atoms. The van der Waals surface area contributed by atoms with Crippen LogP contribution in [-0.2, 0) is 9.59 Å². The molecule has 0 heterocycles. The molecule has 0 fully saturated rings. The Labute approximate surface area is 162 Å². The summed E-state index contributed by atoms with van der Waals surface area (Å²) in [6.07, 6.45) is 0. The minimum atomic E-state index is -0.0344. The predicted molar refractivity (Wildman–Crippen MR) is 112 cm³/mol. The molecular formula is C20H24N2O2S2. The van der Waals surface area contributed by atoms with E-state index in [0.29, 0.717) is 0 Å². The van der Waals surface area contributed by atoms with Crippen LogP contribution in [0.5, 0.6) is 0 Å². The van der Waals surface area contributed by atoms with Crippen molar-refractivity contribution in [2.24, 2.45) is 11.8 Å². The molecule has 0 radical (unpaired) electrons. The van der Waals surface area contributed by atoms with Crippen molar-refractivity contribution in [1.29, 1.82) is 0 Å². The molecule has 0 unspecified atom stereocenters. The smallest absolute Gasteiger partial charge is 0.226 e. The van der Waals surface area contributed by atoms with E-state index in [1.165, 1.54) is 0 Å². The van der Waals surface area contributed by atoms with Gasteiger partial charge in [-0.15, -0.1) is 0 Å². The van der Waals surface area contributed by atoms with Crippen LogP contribution in [0.25, 0.3) is 0 Å². The van der Waals surface area contributed by atoms with Crippen LogP contribution < -0.4 is 10.6 Å². The average Bonchev–Trinajstić information content (AvgIpc) is 2.62. The van der Waals surface area contributed by atoms with E-state index in [9.17, 15) is 9.59 Å². The van der Waals surface area contributed by atoms with E-state index >= 15 is 0 Å². The number of hydrogen-bond donors (Lipinski definition) is 2. The first-order valence-corrected chi connectivity index (χ1v) is 10.7. The Bertz CT molecular complexity index is 676. The summed E-state index contributed by atoms with van der Waals surface area (Å²) in [7, 11) is 3.30. The zero-order valence-electron chi connectivity index (χ0n) is 15.4. The quantitative estimate of drug-likeness (QED) is 0.600. The third-order valence-electron chi connectivity index (χ3n) is 3.53. The highest BCUT2D eigenvalue weighted by Crippen LogP contribution is 2.38. The molecule has 0 spiro atoms. The van der Waals surface area contributed by atoms with E-state index in [1.54, 1.807) is 21.6 Å². The Hall–Kier alpha value is -1.92. The summed E-state index contributed by atoms with van der Waals surface area (Å²) in [6.45, 7) is 7.48. The van der Waals surface area contributed by atoms with Gasteiger partial charge in [0.2, 0.25) is 11.8 Å². The first-order valence-electron chi connectivity index (χ1n) is 8.51. The van der Waals surface area contributed by atoms with Gasteiger partial charge in [-0.25, -0.2) is 0 Å². The molecule has 138 valence electrons. The van der Waals surface area contributed by atoms with Crippen LogP contribution in [0.15, 0.2) is 58.3 Å². The highest BCUT2D eigenvalue weighted by Gasteiger charge is 2.08. The number of rotatable bonds is 7. The molecular weight excluding hydrogens is 364 g/mol. The SMILES string of the molecule is CC(C)C(=O)Nc1ccc(SSc2ccc(NC(=O)C(C)C)cc2)cc1. The van der Waals surface area contributed by atoms with Crippen LogP contribution in [0.3, 0.4) is 0 Å². The highest BCUT2D eigenvalue weighted by atomic mass is 33.1. The summed E-state index contributed by atoms with van der Waals surface area (Å²) >= 11 is 0. The van der Waals surface area contributed by atoms with Crippen molar-refractivity contribution in [3.8, 4) is 0 Å². The van der Waals surface area contributed by atoms with Gasteiger partial charge in [-0.05, 0) is 48.5 Å². The van der Waals surface area contributed by atoms with Gasteiger partial charge < -0.3 is 10.6 Å². The molecule has 0 aliphatic rings. The lowest BCUT2D eigenvalue weighted by Crippen LogP contribution is -2.17. The van der Waals surface area contributed by atoms with Crippen LogP contribution in [0.1, 0.15) is 27.7 Å². The number of nitrogens with one attached hydrogen (secondary N) is 2. The van der Waals surface area contributed by atoms with E-state index in [1.807, 2.05) is 76.2 Å². The Morgan fingerprint density at radius 1 is 0.654 bits per heavy atom. The molecule has 0 saturated carbocycles. The van der Waals surface area contributed by atoms with Gasteiger partial charge >= 0.3 is 0 Å². The standard InChI is InChI=1S/C20H24N2O2S2/c1-13(2)19(23)21-15-5-9-17(10-6-15)25-26-18-11-7-16(8-12-18)22-20(24)14(3)4/h5-14H,1-4H3,(H,21,23)(H,22,24). The Balaban J connectivity index is 1.86. The molecule has 0 aliphatic carbocycles. The second-order valence-electron chi connectivity index (χ2n) is 6.50. The van der Waals surface area contributed by atoms with Gasteiger partial charge in [0.15, 0.2) is 0 Å². The average molecular weight is 389 g/mol. The van der Waals surface area contributed by atoms with Crippen molar-refractivity contribution in [1.82, 2.24) is 0 Å². The van der Waals surface area contributed by atoms with Gasteiger partial charge in [0.1, 0.15) is 0 Å². The lowest BCUT2D eigenvalue weighted by Gasteiger charge is -2.09. The summed E-state index contributed by atoms with van der Waals surface area (Å²) in [5, 5.41) is 5.76. The monoisotopic (exact) mass is 388 g/mol. The van der Waals surface area contributed by atoms with Crippen LogP contribution >= 0.6 is 21.6 Å². The summed E-state index contributed by atoms with van der Waals surface area (Å²) in [5.74, 6) is -0.0327. The van der Waals surface area contributed by atoms with E-state index in [-0.39, 0.29) is 23.7 Å². The van der Waals surface area contributed by atoms with Gasteiger partial charge in [0.05, 0.1) is 0 Å². The molecule has 2 N–H and O–H groups in total. The molecule has 2 amide bonds. The van der Waals surface area contributed by atoms with E-state index in [2.05, 4.69) is 10.6 Å². The predicted octanol–water partition coefficient (Wildman–Crippen LogP) is 5.68. The minimum absolute atomic E-state index is 0.0180. The number of carbonyl (C=O) groups is 2. The van der Waals surface area contributed by atoms with E-state index in [4.69, 9.17) is 0 Å². The summed E-state index contributed by atoms with van der Waals surface area (Å²) < 4.78 is 0. The second kappa shape index (κ2) is 9.69. The molecule has 2 rings (SSSR count). The van der Waals surface area contributed by atoms with Crippen molar-refractivity contribution >= 4 is 44.8 Å². The lowest BCUT2D eigenvalue weighted by atomic mass is 10.2. The van der Waals surface area contributed by atoms with Crippen molar-refractivity contribution < 1.29 is 9.59 Å². The minimum Gasteiger partial charge on any atom is -0.326 e. The van der Waals surface area contributed by atoms with Crippen LogP contribution in [-0.4, -0.2) is 11.8 Å². The first kappa shape index (κ1) is 20.4. The van der Waals surface area contributed by atoms with Gasteiger partial charge in [-0.3, -0.25) is 9.59 Å². The molecule has 0 atom stereocenters. The van der Waals surface area contributed by atoms with Crippen LogP contribution in [0.4, 0.5) is 11.4 Å². The normalized spacial score (nSPS) is 10.8. The van der Waals surface area contributed by atoms with E-state index in [0.717, 1.165) is 21.2 Å². The summed E-state index contributed by atoms with van der Waals surface area (Å²) in [6, 6.07) is 15.6. The highest BCUT2D eigenvalue weighted by molar-refractivity contribution is 8.76. The van der Waals surface area contributed by atoms with Crippen LogP contribution in [0.2, 0.25) is 0 Å². The maximum absolute atomic E-state index is 11.7. The first-order chi connectivity index (χ1) is 12.3. The molecule has 0 saturated heterocycles. The lowest BCUT2D eigenvalue weighted by molar-refractivity contribution is -0.119. The zero-order valence-corrected chi connectivity index (χ0v) is 17.0. The Morgan fingerprint density at radius 2 is 0.962 bits per heavy atom. The fraction of sp³-hybridized carbons (Fsp3) is 0.300. The molecule has 0 aromatic heterocycles. The van der Waals surface area contributed by atoms with Crippen molar-refractivity contribution in [3.05, 3.63) is 48.5 Å². The Morgan fingerprint density at radius 3 is 1.23 bits per heavy atom. The maximum Gasteiger partial charge on any atom is 0.226 e. The van der Waals surface area contributed by atoms with Gasteiger partial charge in [0, 0.05) is 33.0 Å². The number of hydrogen-bond acceptors (Lipinski definition) is 4. The molecule has 4 nitrogen and oxygen atoms in total. The van der Waals surface area contributed by atoms with Crippen LogP contribution in [0, 0.1) is 11.8 Å². The molecule has 2 aromatic rings. The zero-order chi connectivity index (χ0) is 19.1. The van der Waals surface area contributed by atoms with Gasteiger partial charge in [-0.1, -0.05) is 49.3 Å². The number of benzene rings is 2. The fourth-order valence-corrected chi connectivity index (χ4v) is 3.79. The van der Waals surface area contributed by atoms with E-state index < -0.39 is 0 Å². The molecule has 0 bridgehead atoms. The fourth-order valence-electron chi connectivity index (χ4n) is 1.86. The number of carbonyl (C=O) groups excluding carboxylic acids is 2. The second-order valence-corrected chi connectivity index (χ2v) is 8.78. The van der Waals surface area contributed by atoms with Gasteiger partial charge in [-0.2, -0.15) is 0 Å². The number of amides is 2. The molecule has 2 aromatic carbocycles. The third-order valence-corrected chi connectivity index (χ3v) is 5.94. The molecule has 0 aliphatic heterocycles. The Kier molecular flexibility index (Phi) is 7.60. The maximum atomic E-state index is 11.7. The summed E-state index contributed by atoms with van der Waals surface area (Å²) in [5.41, 5.74) is 1.62. The third kappa shape index (κ3) is 6.42. The topological polar surface area (TPSA) is 58.2 Å². The van der Waals surface area contributed by atoms with Crippen molar-refractivity contribution in [2.75, 3.05) is 10.6 Å². The number of anilines is 2.